The Morgan fingerprint density at radius 2 is 0.964 bits per heavy atom. The predicted octanol–water partition coefficient (Wildman–Crippen LogP) is 8.36. The van der Waals surface area contributed by atoms with Crippen LogP contribution in [0.2, 0.25) is 0 Å². The van der Waals surface area contributed by atoms with Crippen LogP contribution in [0.1, 0.15) is 22.3 Å². The van der Waals surface area contributed by atoms with E-state index in [-0.39, 0.29) is 6.79 Å². The largest absolute Gasteiger partial charge is 0.491 e. The number of fused-ring (bicyclic) bond motifs is 8. The molecule has 0 radical (unpaired) electrons. The van der Waals surface area contributed by atoms with E-state index in [9.17, 15) is 0 Å². The van der Waals surface area contributed by atoms with Gasteiger partial charge in [-0.2, -0.15) is 0 Å². The summed E-state index contributed by atoms with van der Waals surface area (Å²) in [6.07, 6.45) is 7.60. The van der Waals surface area contributed by atoms with E-state index in [1.54, 1.807) is 0 Å². The third kappa shape index (κ3) is 7.73. The highest BCUT2D eigenvalue weighted by molar-refractivity contribution is 6.17. The lowest BCUT2D eigenvalue weighted by Gasteiger charge is -2.10. The standard InChI is InChI=1S/C45H49N5O6/c1-28-38-25-47-11-9-34(38)30(3)44-42(28)36-23-32(5-7-40(36)49-44)55-22-21-53-18-17-51-15-13-46-14-16-52-19-20-54-27-56-33-6-8-41-37(24-33)43-29(2)39-26-48-12-10-35(39)31(4)45(43)50-41/h5-12,23-26,46,49-50H,13-22,27H2,1-4H3. The molecule has 8 aromatic rings. The molecule has 0 fully saturated rings. The van der Waals surface area contributed by atoms with E-state index in [4.69, 9.17) is 28.4 Å². The van der Waals surface area contributed by atoms with Crippen LogP contribution in [0.5, 0.6) is 11.5 Å². The third-order valence-electron chi connectivity index (χ3n) is 10.7. The van der Waals surface area contributed by atoms with Crippen LogP contribution < -0.4 is 14.8 Å². The van der Waals surface area contributed by atoms with E-state index >= 15 is 0 Å². The molecule has 8 rings (SSSR count). The fourth-order valence-corrected chi connectivity index (χ4v) is 7.79. The van der Waals surface area contributed by atoms with Crippen molar-refractivity contribution in [3.63, 3.8) is 0 Å². The van der Waals surface area contributed by atoms with Gasteiger partial charge in [0.25, 0.3) is 0 Å². The summed E-state index contributed by atoms with van der Waals surface area (Å²) in [4.78, 5) is 15.9. The summed E-state index contributed by atoms with van der Waals surface area (Å²) in [5.41, 5.74) is 9.39. The van der Waals surface area contributed by atoms with Gasteiger partial charge in [0.05, 0.1) is 57.3 Å². The van der Waals surface area contributed by atoms with E-state index in [0.717, 1.165) is 51.9 Å². The number of pyridine rings is 2. The van der Waals surface area contributed by atoms with Crippen molar-refractivity contribution in [1.82, 2.24) is 25.3 Å². The highest BCUT2D eigenvalue weighted by atomic mass is 16.7. The molecule has 0 saturated carbocycles. The van der Waals surface area contributed by atoms with Crippen LogP contribution in [-0.2, 0) is 18.9 Å². The summed E-state index contributed by atoms with van der Waals surface area (Å²) in [6.45, 7) is 14.4. The number of aromatic nitrogens is 4. The Morgan fingerprint density at radius 3 is 1.52 bits per heavy atom. The first-order valence-corrected chi connectivity index (χ1v) is 19.3. The van der Waals surface area contributed by atoms with Crippen LogP contribution in [0, 0.1) is 27.7 Å². The first kappa shape index (κ1) is 37.6. The number of aryl methyl sites for hydroxylation is 4. The number of rotatable bonds is 19. The summed E-state index contributed by atoms with van der Waals surface area (Å²) < 4.78 is 34.7. The number of H-pyrrole nitrogens is 2. The normalized spacial score (nSPS) is 12.0. The van der Waals surface area contributed by atoms with Crippen LogP contribution in [0.15, 0.2) is 73.3 Å². The summed E-state index contributed by atoms with van der Waals surface area (Å²) in [6, 6.07) is 16.5. The van der Waals surface area contributed by atoms with Gasteiger partial charge in [0, 0.05) is 81.2 Å². The smallest absolute Gasteiger partial charge is 0.189 e. The Hall–Kier alpha value is -5.30. The van der Waals surface area contributed by atoms with Gasteiger partial charge in [0.1, 0.15) is 18.1 Å². The highest BCUT2D eigenvalue weighted by Crippen LogP contribution is 2.39. The molecule has 4 heterocycles. The molecule has 0 atom stereocenters. The molecule has 4 aromatic heterocycles. The van der Waals surface area contributed by atoms with Crippen molar-refractivity contribution >= 4 is 65.2 Å². The summed E-state index contributed by atoms with van der Waals surface area (Å²) in [7, 11) is 0. The van der Waals surface area contributed by atoms with Crippen molar-refractivity contribution in [2.45, 2.75) is 27.7 Å². The van der Waals surface area contributed by atoms with Gasteiger partial charge in [0.15, 0.2) is 6.79 Å². The van der Waals surface area contributed by atoms with Crippen molar-refractivity contribution in [3.8, 4) is 11.5 Å². The Kier molecular flexibility index (Phi) is 11.6. The van der Waals surface area contributed by atoms with Gasteiger partial charge in [-0.05, 0) is 109 Å². The Morgan fingerprint density at radius 1 is 0.482 bits per heavy atom. The average molecular weight is 756 g/mol. The van der Waals surface area contributed by atoms with E-state index < -0.39 is 0 Å². The molecular formula is C45H49N5O6. The summed E-state index contributed by atoms with van der Waals surface area (Å²) in [5, 5.41) is 12.8. The second kappa shape index (κ2) is 17.2. The molecule has 0 bridgehead atoms. The van der Waals surface area contributed by atoms with Gasteiger partial charge in [-0.3, -0.25) is 9.97 Å². The number of benzene rings is 4. The first-order chi connectivity index (χ1) is 27.5. The molecule has 0 unspecified atom stereocenters. The minimum absolute atomic E-state index is 0.159. The molecule has 0 saturated heterocycles. The van der Waals surface area contributed by atoms with Gasteiger partial charge in [0.2, 0.25) is 0 Å². The average Bonchev–Trinajstić information content (AvgIpc) is 3.81. The summed E-state index contributed by atoms with van der Waals surface area (Å²) >= 11 is 0. The van der Waals surface area contributed by atoms with Gasteiger partial charge >= 0.3 is 0 Å². The topological polar surface area (TPSA) is 125 Å². The molecule has 56 heavy (non-hydrogen) atoms. The Balaban J connectivity index is 0.656. The van der Waals surface area contributed by atoms with Crippen LogP contribution in [0.3, 0.4) is 0 Å². The maximum Gasteiger partial charge on any atom is 0.189 e. The maximum atomic E-state index is 6.04. The van der Waals surface area contributed by atoms with Crippen molar-refractivity contribution in [2.75, 3.05) is 72.7 Å². The molecule has 11 heteroatoms. The highest BCUT2D eigenvalue weighted by Gasteiger charge is 2.16. The Bertz CT molecular complexity index is 2450. The van der Waals surface area contributed by atoms with Crippen molar-refractivity contribution < 1.29 is 28.4 Å². The van der Waals surface area contributed by atoms with Gasteiger partial charge in [-0.25, -0.2) is 0 Å². The fraction of sp³-hybridized carbons (Fsp3) is 0.333. The summed E-state index contributed by atoms with van der Waals surface area (Å²) in [5.74, 6) is 1.59. The lowest BCUT2D eigenvalue weighted by Crippen LogP contribution is -2.25. The molecule has 11 nitrogen and oxygen atoms in total. The third-order valence-corrected chi connectivity index (χ3v) is 10.7. The van der Waals surface area contributed by atoms with Crippen molar-refractivity contribution in [2.24, 2.45) is 0 Å². The number of hydrogen-bond acceptors (Lipinski definition) is 9. The van der Waals surface area contributed by atoms with Gasteiger partial charge in [-0.1, -0.05) is 0 Å². The number of nitrogens with one attached hydrogen (secondary N) is 3. The molecule has 0 aliphatic carbocycles. The fourth-order valence-electron chi connectivity index (χ4n) is 7.79. The number of ether oxygens (including phenoxy) is 6. The minimum atomic E-state index is 0.159. The van der Waals surface area contributed by atoms with E-state index in [1.807, 2.05) is 36.9 Å². The van der Waals surface area contributed by atoms with E-state index in [1.165, 1.54) is 60.1 Å². The molecule has 290 valence electrons. The molecule has 0 amide bonds. The monoisotopic (exact) mass is 755 g/mol. The van der Waals surface area contributed by atoms with Crippen LogP contribution >= 0.6 is 0 Å². The quantitative estimate of drug-likeness (QED) is 0.0552. The minimum Gasteiger partial charge on any atom is -0.491 e. The molecule has 4 aromatic carbocycles. The second-order valence-corrected chi connectivity index (χ2v) is 14.1. The predicted molar refractivity (Wildman–Crippen MR) is 223 cm³/mol. The Labute approximate surface area is 325 Å². The molecule has 0 spiro atoms. The lowest BCUT2D eigenvalue weighted by atomic mass is 9.97. The zero-order valence-corrected chi connectivity index (χ0v) is 32.6. The van der Waals surface area contributed by atoms with Crippen molar-refractivity contribution in [1.29, 1.82) is 0 Å². The van der Waals surface area contributed by atoms with Crippen LogP contribution in [0.25, 0.3) is 65.2 Å². The van der Waals surface area contributed by atoms with E-state index in [0.29, 0.717) is 52.9 Å². The zero-order chi connectivity index (χ0) is 38.4. The first-order valence-electron chi connectivity index (χ1n) is 19.3. The molecule has 0 aliphatic heterocycles. The second-order valence-electron chi connectivity index (χ2n) is 14.1. The lowest BCUT2D eigenvalue weighted by molar-refractivity contribution is -0.0164. The van der Waals surface area contributed by atoms with Gasteiger partial charge < -0.3 is 43.7 Å². The number of aromatic amines is 2. The number of hydrogen-bond donors (Lipinski definition) is 3. The molecular weight excluding hydrogens is 707 g/mol. The van der Waals surface area contributed by atoms with Crippen LogP contribution in [0.4, 0.5) is 0 Å². The maximum absolute atomic E-state index is 6.04. The van der Waals surface area contributed by atoms with Crippen molar-refractivity contribution in [3.05, 3.63) is 95.6 Å². The molecule has 0 aliphatic rings. The molecule has 3 N–H and O–H groups in total. The van der Waals surface area contributed by atoms with Crippen LogP contribution in [-0.4, -0.2) is 92.7 Å². The van der Waals surface area contributed by atoms with Gasteiger partial charge in [-0.15, -0.1) is 0 Å². The zero-order valence-electron chi connectivity index (χ0n) is 32.6. The number of nitrogens with zero attached hydrogens (tertiary/aromatic N) is 2. The SMILES string of the molecule is Cc1c2ccncc2c(C)c2c1[nH]c1ccc(OCCOCCOCCNCCOCCOCOc3ccc4[nH]c5c(C)c6ccncc6c(C)c5c4c3)cc12. The van der Waals surface area contributed by atoms with E-state index in [2.05, 4.69) is 89.3 Å².